The third kappa shape index (κ3) is 1.46. The van der Waals surface area contributed by atoms with Crippen molar-refractivity contribution in [2.24, 2.45) is 5.73 Å². The highest BCUT2D eigenvalue weighted by atomic mass is 16.3. The molecule has 1 aromatic rings. The number of aliphatic hydroxyl groups is 1. The van der Waals surface area contributed by atoms with Crippen molar-refractivity contribution in [2.75, 3.05) is 6.61 Å². The molecule has 0 aromatic carbocycles. The fraction of sp³-hybridized carbons (Fsp3) is 0.400. The van der Waals surface area contributed by atoms with Gasteiger partial charge < -0.3 is 10.8 Å². The lowest BCUT2D eigenvalue weighted by atomic mass is 10.2. The van der Waals surface area contributed by atoms with E-state index in [2.05, 4.69) is 15.2 Å². The first-order valence-electron chi connectivity index (χ1n) is 2.83. The van der Waals surface area contributed by atoms with Crippen LogP contribution in [0.2, 0.25) is 0 Å². The number of aromatic nitrogens is 3. The molecule has 0 aliphatic carbocycles. The molecule has 0 amide bonds. The van der Waals surface area contributed by atoms with Gasteiger partial charge in [-0.05, 0) is 0 Å². The van der Waals surface area contributed by atoms with Gasteiger partial charge in [-0.15, -0.1) is 5.10 Å². The highest BCUT2D eigenvalue weighted by molar-refractivity contribution is 4.97. The lowest BCUT2D eigenvalue weighted by Crippen LogP contribution is -2.16. The molecule has 5 nitrogen and oxygen atoms in total. The summed E-state index contributed by atoms with van der Waals surface area (Å²) in [5.41, 5.74) is 5.91. The molecule has 0 radical (unpaired) electrons. The van der Waals surface area contributed by atoms with E-state index >= 15 is 0 Å². The van der Waals surface area contributed by atoms with Gasteiger partial charge in [-0.25, -0.2) is 4.98 Å². The topological polar surface area (TPSA) is 84.9 Å². The number of nitrogens with zero attached hydrogens (tertiary/aromatic N) is 3. The molecule has 3 N–H and O–H groups in total. The first-order valence-corrected chi connectivity index (χ1v) is 2.83. The zero-order valence-electron chi connectivity index (χ0n) is 5.31. The highest BCUT2D eigenvalue weighted by Crippen LogP contribution is 1.99. The second-order valence-corrected chi connectivity index (χ2v) is 1.82. The smallest absolute Gasteiger partial charge is 0.138 e. The van der Waals surface area contributed by atoms with E-state index in [1.54, 1.807) is 0 Å². The summed E-state index contributed by atoms with van der Waals surface area (Å²) < 4.78 is 0. The lowest BCUT2D eigenvalue weighted by Gasteiger charge is -2.03. The average molecular weight is 140 g/mol. The molecule has 54 valence electrons. The maximum Gasteiger partial charge on any atom is 0.138 e. The van der Waals surface area contributed by atoms with Gasteiger partial charge in [0.15, 0.2) is 0 Å². The Balaban J connectivity index is 2.75. The predicted molar refractivity (Wildman–Crippen MR) is 33.8 cm³/mol. The molecule has 0 fully saturated rings. The molecule has 1 heterocycles. The summed E-state index contributed by atoms with van der Waals surface area (Å²) >= 11 is 0. The summed E-state index contributed by atoms with van der Waals surface area (Å²) in [5, 5.41) is 15.7. The minimum Gasteiger partial charge on any atom is -0.394 e. The molecule has 10 heavy (non-hydrogen) atoms. The predicted octanol–water partition coefficient (Wildman–Crippen LogP) is -1.14. The number of hydrogen-bond donors (Lipinski definition) is 2. The second kappa shape index (κ2) is 3.19. The van der Waals surface area contributed by atoms with Gasteiger partial charge in [-0.2, -0.15) is 5.10 Å². The Morgan fingerprint density at radius 3 is 3.00 bits per heavy atom. The van der Waals surface area contributed by atoms with Crippen LogP contribution in [-0.4, -0.2) is 26.9 Å². The Bertz CT molecular complexity index is 190. The summed E-state index contributed by atoms with van der Waals surface area (Å²) in [5.74, 6) is 0. The summed E-state index contributed by atoms with van der Waals surface area (Å²) in [7, 11) is 0. The van der Waals surface area contributed by atoms with E-state index in [9.17, 15) is 0 Å². The van der Waals surface area contributed by atoms with Crippen LogP contribution in [0.1, 0.15) is 11.7 Å². The summed E-state index contributed by atoms with van der Waals surface area (Å²) in [6.07, 6.45) is 2.79. The van der Waals surface area contributed by atoms with Crippen LogP contribution in [0.25, 0.3) is 0 Å². The van der Waals surface area contributed by atoms with Crippen LogP contribution in [0.5, 0.6) is 0 Å². The van der Waals surface area contributed by atoms with E-state index < -0.39 is 6.04 Å². The number of rotatable bonds is 2. The van der Waals surface area contributed by atoms with Crippen molar-refractivity contribution in [3.05, 3.63) is 18.2 Å². The average Bonchev–Trinajstić information content (AvgIpc) is 2.05. The number of nitrogens with two attached hydrogens (primary N) is 1. The number of aliphatic hydroxyl groups excluding tert-OH is 1. The molecule has 0 saturated heterocycles. The first kappa shape index (κ1) is 7.04. The molecule has 1 aromatic heterocycles. The van der Waals surface area contributed by atoms with Gasteiger partial charge in [0, 0.05) is 0 Å². The Morgan fingerprint density at radius 2 is 2.50 bits per heavy atom. The molecule has 0 saturated carbocycles. The Labute approximate surface area is 57.9 Å². The third-order valence-electron chi connectivity index (χ3n) is 1.07. The van der Waals surface area contributed by atoms with Gasteiger partial charge in [0.25, 0.3) is 0 Å². The minimum absolute atomic E-state index is 0.139. The summed E-state index contributed by atoms with van der Waals surface area (Å²) in [4.78, 5) is 3.69. The Morgan fingerprint density at radius 1 is 1.70 bits per heavy atom. The molecule has 0 bridgehead atoms. The first-order chi connectivity index (χ1) is 4.84. The van der Waals surface area contributed by atoms with E-state index in [4.69, 9.17) is 10.8 Å². The van der Waals surface area contributed by atoms with E-state index in [0.29, 0.717) is 5.69 Å². The van der Waals surface area contributed by atoms with Crippen molar-refractivity contribution in [1.29, 1.82) is 0 Å². The van der Waals surface area contributed by atoms with E-state index in [-0.39, 0.29) is 6.61 Å². The largest absolute Gasteiger partial charge is 0.394 e. The van der Waals surface area contributed by atoms with Crippen molar-refractivity contribution < 1.29 is 5.11 Å². The van der Waals surface area contributed by atoms with E-state index in [0.717, 1.165) is 0 Å². The fourth-order valence-corrected chi connectivity index (χ4v) is 0.521. The summed E-state index contributed by atoms with van der Waals surface area (Å²) in [6, 6.07) is -0.471. The van der Waals surface area contributed by atoms with Crippen molar-refractivity contribution in [1.82, 2.24) is 15.2 Å². The van der Waals surface area contributed by atoms with Gasteiger partial charge >= 0.3 is 0 Å². The van der Waals surface area contributed by atoms with Gasteiger partial charge in [-0.1, -0.05) is 0 Å². The quantitative estimate of drug-likeness (QED) is 0.542. The number of hydrogen-bond acceptors (Lipinski definition) is 5. The maximum absolute atomic E-state index is 8.57. The van der Waals surface area contributed by atoms with E-state index in [1.807, 2.05) is 0 Å². The SMILES string of the molecule is NC(CO)c1cncnn1. The molecule has 1 atom stereocenters. The third-order valence-corrected chi connectivity index (χ3v) is 1.07. The van der Waals surface area contributed by atoms with Crippen LogP contribution in [0.15, 0.2) is 12.5 Å². The van der Waals surface area contributed by atoms with Crippen LogP contribution in [0, 0.1) is 0 Å². The van der Waals surface area contributed by atoms with Crippen LogP contribution in [0.4, 0.5) is 0 Å². The lowest BCUT2D eigenvalue weighted by molar-refractivity contribution is 0.265. The second-order valence-electron chi connectivity index (χ2n) is 1.82. The van der Waals surface area contributed by atoms with Crippen LogP contribution >= 0.6 is 0 Å². The molecule has 1 rings (SSSR count). The standard InChI is InChI=1S/C5H8N4O/c6-4(2-10)5-1-7-3-8-9-5/h1,3-4,10H,2,6H2. The van der Waals surface area contributed by atoms with Crippen molar-refractivity contribution in [3.63, 3.8) is 0 Å². The van der Waals surface area contributed by atoms with Crippen LogP contribution in [0.3, 0.4) is 0 Å². The van der Waals surface area contributed by atoms with Gasteiger partial charge in [0.05, 0.1) is 18.8 Å². The van der Waals surface area contributed by atoms with Crippen molar-refractivity contribution >= 4 is 0 Å². The Hall–Kier alpha value is -1.07. The molecule has 0 aliphatic rings. The normalized spacial score (nSPS) is 13.0. The zero-order chi connectivity index (χ0) is 7.40. The molecule has 1 unspecified atom stereocenters. The molecular weight excluding hydrogens is 132 g/mol. The fourth-order valence-electron chi connectivity index (χ4n) is 0.521. The maximum atomic E-state index is 8.57. The zero-order valence-corrected chi connectivity index (χ0v) is 5.31. The molecule has 0 spiro atoms. The molecule has 0 aliphatic heterocycles. The monoisotopic (exact) mass is 140 g/mol. The van der Waals surface area contributed by atoms with Crippen molar-refractivity contribution in [2.45, 2.75) is 6.04 Å². The van der Waals surface area contributed by atoms with Crippen molar-refractivity contribution in [3.8, 4) is 0 Å². The van der Waals surface area contributed by atoms with Gasteiger partial charge in [0.1, 0.15) is 12.0 Å². The molecular formula is C5H8N4O. The summed E-state index contributed by atoms with van der Waals surface area (Å²) in [6.45, 7) is -0.139. The Kier molecular flexibility index (Phi) is 2.24. The highest BCUT2D eigenvalue weighted by Gasteiger charge is 2.04. The van der Waals surface area contributed by atoms with Crippen LogP contribution < -0.4 is 5.73 Å². The minimum atomic E-state index is -0.471. The molecule has 5 heteroatoms. The van der Waals surface area contributed by atoms with Gasteiger partial charge in [0.2, 0.25) is 0 Å². The van der Waals surface area contributed by atoms with Crippen LogP contribution in [-0.2, 0) is 0 Å². The van der Waals surface area contributed by atoms with E-state index in [1.165, 1.54) is 12.5 Å². The van der Waals surface area contributed by atoms with Gasteiger partial charge in [-0.3, -0.25) is 0 Å².